The van der Waals surface area contributed by atoms with Crippen molar-refractivity contribution in [3.8, 4) is 0 Å². The number of carboxylic acids is 1. The minimum atomic E-state index is -3.29. The molecule has 1 N–H and O–H groups in total. The van der Waals surface area contributed by atoms with Crippen LogP contribution in [0.4, 0.5) is 5.69 Å². The van der Waals surface area contributed by atoms with Crippen molar-refractivity contribution in [2.24, 2.45) is 0 Å². The Labute approximate surface area is 134 Å². The number of nitrogens with zero attached hydrogens (tertiary/aromatic N) is 3. The molecule has 0 aliphatic rings. The largest absolute Gasteiger partial charge is 0.478 e. The zero-order chi connectivity index (χ0) is 17.2. The summed E-state index contributed by atoms with van der Waals surface area (Å²) < 4.78 is 24.2. The first-order chi connectivity index (χ1) is 10.7. The third-order valence-electron chi connectivity index (χ3n) is 3.42. The van der Waals surface area contributed by atoms with Crippen LogP contribution in [0.15, 0.2) is 30.5 Å². The Balaban J connectivity index is 2.19. The molecule has 0 saturated carbocycles. The van der Waals surface area contributed by atoms with Crippen LogP contribution < -0.4 is 4.31 Å². The van der Waals surface area contributed by atoms with Gasteiger partial charge in [-0.15, -0.1) is 0 Å². The highest BCUT2D eigenvalue weighted by Crippen LogP contribution is 2.17. The fraction of sp³-hybridized carbons (Fsp3) is 0.267. The minimum absolute atomic E-state index is 0.0823. The van der Waals surface area contributed by atoms with Crippen LogP contribution in [-0.4, -0.2) is 42.8 Å². The summed E-state index contributed by atoms with van der Waals surface area (Å²) in [5.74, 6) is -0.543. The van der Waals surface area contributed by atoms with Gasteiger partial charge in [0, 0.05) is 19.7 Å². The third kappa shape index (κ3) is 4.04. The molecule has 0 spiro atoms. The van der Waals surface area contributed by atoms with Gasteiger partial charge in [-0.05, 0) is 24.6 Å². The second-order valence-electron chi connectivity index (χ2n) is 5.16. The number of benzene rings is 1. The van der Waals surface area contributed by atoms with Crippen LogP contribution in [0.5, 0.6) is 0 Å². The van der Waals surface area contributed by atoms with Crippen molar-refractivity contribution in [1.29, 1.82) is 0 Å². The maximum atomic E-state index is 11.5. The Bertz CT molecular complexity index is 832. The molecule has 1 aromatic heterocycles. The van der Waals surface area contributed by atoms with Gasteiger partial charge in [0.1, 0.15) is 5.82 Å². The smallest absolute Gasteiger partial charge is 0.339 e. The highest BCUT2D eigenvalue weighted by atomic mass is 32.2. The molecular weight excluding hydrogens is 318 g/mol. The van der Waals surface area contributed by atoms with Crippen LogP contribution in [0.25, 0.3) is 0 Å². The molecule has 23 heavy (non-hydrogen) atoms. The van der Waals surface area contributed by atoms with Crippen LogP contribution in [0.1, 0.15) is 27.4 Å². The van der Waals surface area contributed by atoms with Crippen molar-refractivity contribution in [1.82, 2.24) is 9.97 Å². The van der Waals surface area contributed by atoms with Crippen molar-refractivity contribution >= 4 is 21.7 Å². The number of aromatic carboxylic acids is 1. The molecule has 8 heteroatoms. The van der Waals surface area contributed by atoms with Gasteiger partial charge in [-0.3, -0.25) is 4.31 Å². The van der Waals surface area contributed by atoms with Crippen LogP contribution in [0.2, 0.25) is 0 Å². The summed E-state index contributed by atoms with van der Waals surface area (Å²) in [5, 5.41) is 8.96. The van der Waals surface area contributed by atoms with E-state index in [2.05, 4.69) is 9.97 Å². The van der Waals surface area contributed by atoms with Gasteiger partial charge in [-0.1, -0.05) is 12.1 Å². The number of hydrogen-bond acceptors (Lipinski definition) is 5. The Morgan fingerprint density at radius 3 is 2.35 bits per heavy atom. The van der Waals surface area contributed by atoms with E-state index in [0.717, 1.165) is 11.8 Å². The molecule has 0 saturated heterocycles. The van der Waals surface area contributed by atoms with Crippen LogP contribution >= 0.6 is 0 Å². The second kappa shape index (κ2) is 6.33. The summed E-state index contributed by atoms with van der Waals surface area (Å²) in [7, 11) is -1.81. The SMILES string of the molecule is Cc1nc(Cc2ccc(N(C)S(C)(=O)=O)cc2)ncc1C(=O)O. The highest BCUT2D eigenvalue weighted by Gasteiger charge is 2.12. The van der Waals surface area contributed by atoms with Gasteiger partial charge in [0.2, 0.25) is 10.0 Å². The molecule has 0 bridgehead atoms. The Morgan fingerprint density at radius 2 is 1.87 bits per heavy atom. The standard InChI is InChI=1S/C15H17N3O4S/c1-10-13(15(19)20)9-16-14(17-10)8-11-4-6-12(7-5-11)18(2)23(3,21)22/h4-7,9H,8H2,1-3H3,(H,19,20). The van der Waals surface area contributed by atoms with E-state index in [0.29, 0.717) is 23.6 Å². The molecule has 0 aliphatic carbocycles. The van der Waals surface area contributed by atoms with Crippen LogP contribution in [0, 0.1) is 6.92 Å². The minimum Gasteiger partial charge on any atom is -0.478 e. The number of aryl methyl sites for hydroxylation is 1. The highest BCUT2D eigenvalue weighted by molar-refractivity contribution is 7.92. The predicted octanol–water partition coefficient (Wildman–Crippen LogP) is 1.47. The average molecular weight is 335 g/mol. The number of anilines is 1. The topological polar surface area (TPSA) is 100 Å². The van der Waals surface area contributed by atoms with E-state index in [-0.39, 0.29) is 5.56 Å². The Hall–Kier alpha value is -2.48. The third-order valence-corrected chi connectivity index (χ3v) is 4.63. The Kier molecular flexibility index (Phi) is 4.65. The number of carboxylic acid groups (broad SMARTS) is 1. The first kappa shape index (κ1) is 16.9. The average Bonchev–Trinajstić information content (AvgIpc) is 2.46. The quantitative estimate of drug-likeness (QED) is 0.888. The van der Waals surface area contributed by atoms with Crippen LogP contribution in [0.3, 0.4) is 0 Å². The molecule has 2 aromatic rings. The molecular formula is C15H17N3O4S. The van der Waals surface area contributed by atoms with E-state index in [9.17, 15) is 13.2 Å². The molecule has 0 amide bonds. The van der Waals surface area contributed by atoms with E-state index in [1.165, 1.54) is 17.5 Å². The number of rotatable bonds is 5. The summed E-state index contributed by atoms with van der Waals surface area (Å²) in [6.45, 7) is 1.62. The fourth-order valence-electron chi connectivity index (χ4n) is 2.01. The Morgan fingerprint density at radius 1 is 1.26 bits per heavy atom. The molecule has 0 aliphatic heterocycles. The lowest BCUT2D eigenvalue weighted by atomic mass is 10.1. The van der Waals surface area contributed by atoms with Gasteiger partial charge in [-0.25, -0.2) is 23.2 Å². The molecule has 2 rings (SSSR count). The molecule has 0 fully saturated rings. The van der Waals surface area contributed by atoms with Gasteiger partial charge < -0.3 is 5.11 Å². The van der Waals surface area contributed by atoms with E-state index < -0.39 is 16.0 Å². The zero-order valence-corrected chi connectivity index (χ0v) is 13.8. The number of carbonyl (C=O) groups is 1. The van der Waals surface area contributed by atoms with E-state index in [1.54, 1.807) is 31.2 Å². The van der Waals surface area contributed by atoms with Gasteiger partial charge in [0.25, 0.3) is 0 Å². The molecule has 0 unspecified atom stereocenters. The van der Waals surface area contributed by atoms with Crippen molar-refractivity contribution < 1.29 is 18.3 Å². The van der Waals surface area contributed by atoms with Crippen molar-refractivity contribution in [2.45, 2.75) is 13.3 Å². The zero-order valence-electron chi connectivity index (χ0n) is 13.0. The molecule has 1 aromatic carbocycles. The van der Waals surface area contributed by atoms with Crippen molar-refractivity contribution in [2.75, 3.05) is 17.6 Å². The second-order valence-corrected chi connectivity index (χ2v) is 7.18. The van der Waals surface area contributed by atoms with Crippen molar-refractivity contribution in [3.63, 3.8) is 0 Å². The summed E-state index contributed by atoms with van der Waals surface area (Å²) in [4.78, 5) is 19.2. The van der Waals surface area contributed by atoms with E-state index in [4.69, 9.17) is 5.11 Å². The number of hydrogen-bond donors (Lipinski definition) is 1. The molecule has 0 radical (unpaired) electrons. The van der Waals surface area contributed by atoms with Crippen LogP contribution in [-0.2, 0) is 16.4 Å². The molecule has 122 valence electrons. The molecule has 0 atom stereocenters. The lowest BCUT2D eigenvalue weighted by Gasteiger charge is -2.16. The molecule has 1 heterocycles. The van der Waals surface area contributed by atoms with E-state index >= 15 is 0 Å². The summed E-state index contributed by atoms with van der Waals surface area (Å²) >= 11 is 0. The normalized spacial score (nSPS) is 11.3. The number of aromatic nitrogens is 2. The van der Waals surface area contributed by atoms with Crippen molar-refractivity contribution in [3.05, 3.63) is 53.1 Å². The summed E-state index contributed by atoms with van der Waals surface area (Å²) in [5.41, 5.74) is 1.96. The lowest BCUT2D eigenvalue weighted by Crippen LogP contribution is -2.24. The number of sulfonamides is 1. The van der Waals surface area contributed by atoms with Gasteiger partial charge in [-0.2, -0.15) is 0 Å². The van der Waals surface area contributed by atoms with Gasteiger partial charge in [0.15, 0.2) is 0 Å². The fourth-order valence-corrected chi connectivity index (χ4v) is 2.51. The molecule has 7 nitrogen and oxygen atoms in total. The lowest BCUT2D eigenvalue weighted by molar-refractivity contribution is 0.0695. The first-order valence-corrected chi connectivity index (χ1v) is 8.62. The maximum absolute atomic E-state index is 11.5. The summed E-state index contributed by atoms with van der Waals surface area (Å²) in [6.07, 6.45) is 2.87. The van der Waals surface area contributed by atoms with E-state index in [1.807, 2.05) is 0 Å². The van der Waals surface area contributed by atoms with Gasteiger partial charge >= 0.3 is 5.97 Å². The maximum Gasteiger partial charge on any atom is 0.339 e. The summed E-state index contributed by atoms with van der Waals surface area (Å²) in [6, 6.07) is 6.99. The predicted molar refractivity (Wildman–Crippen MR) is 86.2 cm³/mol. The van der Waals surface area contributed by atoms with Gasteiger partial charge in [0.05, 0.1) is 23.2 Å². The monoisotopic (exact) mass is 335 g/mol. The first-order valence-electron chi connectivity index (χ1n) is 6.77.